The van der Waals surface area contributed by atoms with E-state index in [0.29, 0.717) is 17.1 Å². The van der Waals surface area contributed by atoms with Crippen molar-refractivity contribution in [2.75, 3.05) is 28.6 Å². The number of rotatable bonds is 7. The van der Waals surface area contributed by atoms with E-state index in [1.165, 1.54) is 36.7 Å². The van der Waals surface area contributed by atoms with Crippen molar-refractivity contribution in [2.45, 2.75) is 11.3 Å². The molecule has 2 heterocycles. The van der Waals surface area contributed by atoms with Crippen molar-refractivity contribution in [1.29, 1.82) is 0 Å². The van der Waals surface area contributed by atoms with Gasteiger partial charge in [0.1, 0.15) is 5.75 Å². The Morgan fingerprint density at radius 3 is 2.36 bits per heavy atom. The molecule has 33 heavy (non-hydrogen) atoms. The zero-order valence-corrected chi connectivity index (χ0v) is 18.5. The minimum absolute atomic E-state index is 0.00493. The van der Waals surface area contributed by atoms with Crippen molar-refractivity contribution in [3.05, 3.63) is 67.0 Å². The molecule has 2 N–H and O–H groups in total. The maximum Gasteiger partial charge on any atom is 0.264 e. The smallest absolute Gasteiger partial charge is 0.264 e. The van der Waals surface area contributed by atoms with Gasteiger partial charge in [0.25, 0.3) is 10.0 Å². The minimum Gasteiger partial charge on any atom is -0.497 e. The van der Waals surface area contributed by atoms with E-state index in [4.69, 9.17) is 4.74 Å². The molecule has 1 aliphatic heterocycles. The van der Waals surface area contributed by atoms with Gasteiger partial charge in [0, 0.05) is 36.7 Å². The first-order chi connectivity index (χ1) is 15.9. The molecule has 10 nitrogen and oxygen atoms in total. The highest BCUT2D eigenvalue weighted by Crippen LogP contribution is 2.28. The van der Waals surface area contributed by atoms with E-state index in [2.05, 4.69) is 20.0 Å². The van der Waals surface area contributed by atoms with Crippen molar-refractivity contribution in [3.63, 3.8) is 0 Å². The number of hydrogen-bond donors (Lipinski definition) is 2. The number of carbonyl (C=O) groups excluding carboxylic acids is 2. The average Bonchev–Trinajstić information content (AvgIpc) is 3.21. The molecule has 0 spiro atoms. The van der Waals surface area contributed by atoms with Gasteiger partial charge in [-0.25, -0.2) is 23.1 Å². The van der Waals surface area contributed by atoms with E-state index >= 15 is 0 Å². The number of nitrogens with one attached hydrogen (secondary N) is 2. The molecule has 2 aromatic carbocycles. The van der Waals surface area contributed by atoms with Crippen LogP contribution in [0.3, 0.4) is 0 Å². The second-order valence-corrected chi connectivity index (χ2v) is 8.98. The summed E-state index contributed by atoms with van der Waals surface area (Å²) >= 11 is 0. The van der Waals surface area contributed by atoms with Crippen molar-refractivity contribution in [2.24, 2.45) is 5.92 Å². The zero-order valence-electron chi connectivity index (χ0n) is 17.6. The van der Waals surface area contributed by atoms with Gasteiger partial charge >= 0.3 is 0 Å². The third kappa shape index (κ3) is 5.09. The molecule has 2 amide bonds. The molecule has 1 atom stereocenters. The number of nitrogens with zero attached hydrogens (tertiary/aromatic N) is 3. The summed E-state index contributed by atoms with van der Waals surface area (Å²) < 4.78 is 32.3. The predicted octanol–water partition coefficient (Wildman–Crippen LogP) is 2.28. The highest BCUT2D eigenvalue weighted by molar-refractivity contribution is 7.92. The van der Waals surface area contributed by atoms with Gasteiger partial charge < -0.3 is 15.0 Å². The van der Waals surface area contributed by atoms with E-state index in [1.54, 1.807) is 42.3 Å². The van der Waals surface area contributed by atoms with Gasteiger partial charge in [-0.05, 0) is 54.6 Å². The highest BCUT2D eigenvalue weighted by atomic mass is 32.2. The number of carbonyl (C=O) groups is 2. The molecule has 3 aromatic rings. The Morgan fingerprint density at radius 1 is 1.06 bits per heavy atom. The number of sulfonamides is 1. The molecule has 1 aliphatic rings. The lowest BCUT2D eigenvalue weighted by Crippen LogP contribution is -2.28. The molecular formula is C22H21N5O5S. The Hall–Kier alpha value is -3.99. The topological polar surface area (TPSA) is 131 Å². The second kappa shape index (κ2) is 9.25. The molecule has 0 radical (unpaired) electrons. The lowest BCUT2D eigenvalue weighted by Gasteiger charge is -2.17. The van der Waals surface area contributed by atoms with Gasteiger partial charge in [-0.15, -0.1) is 0 Å². The van der Waals surface area contributed by atoms with Gasteiger partial charge in [0.2, 0.25) is 17.8 Å². The largest absolute Gasteiger partial charge is 0.497 e. The maximum atomic E-state index is 12.7. The molecule has 0 aliphatic carbocycles. The van der Waals surface area contributed by atoms with Gasteiger partial charge in [0.15, 0.2) is 0 Å². The summed E-state index contributed by atoms with van der Waals surface area (Å²) in [5.74, 6) is -0.347. The third-order valence-electron chi connectivity index (χ3n) is 5.10. The van der Waals surface area contributed by atoms with Crippen LogP contribution in [0.4, 0.5) is 17.3 Å². The van der Waals surface area contributed by atoms with Gasteiger partial charge in [-0.2, -0.15) is 0 Å². The van der Waals surface area contributed by atoms with E-state index < -0.39 is 15.9 Å². The summed E-state index contributed by atoms with van der Waals surface area (Å²) in [6.45, 7) is 0.254. The monoisotopic (exact) mass is 467 g/mol. The number of benzene rings is 2. The summed E-state index contributed by atoms with van der Waals surface area (Å²) in [5.41, 5.74) is 1.12. The summed E-state index contributed by atoms with van der Waals surface area (Å²) in [6.07, 6.45) is 2.94. The Bertz CT molecular complexity index is 1250. The second-order valence-electron chi connectivity index (χ2n) is 7.29. The number of amides is 2. The first kappa shape index (κ1) is 22.2. The van der Waals surface area contributed by atoms with Crippen molar-refractivity contribution in [1.82, 2.24) is 9.97 Å². The summed E-state index contributed by atoms with van der Waals surface area (Å²) in [4.78, 5) is 34.4. The number of anilines is 3. The molecule has 170 valence electrons. The van der Waals surface area contributed by atoms with Gasteiger partial charge in [-0.3, -0.25) is 9.59 Å². The molecule has 1 fully saturated rings. The van der Waals surface area contributed by atoms with E-state index in [9.17, 15) is 18.0 Å². The normalized spacial score (nSPS) is 15.8. The Balaban J connectivity index is 1.39. The molecule has 1 saturated heterocycles. The zero-order chi connectivity index (χ0) is 23.4. The number of hydrogen-bond acceptors (Lipinski definition) is 7. The molecule has 11 heteroatoms. The molecule has 4 rings (SSSR count). The average molecular weight is 468 g/mol. The molecule has 1 unspecified atom stereocenters. The van der Waals surface area contributed by atoms with Gasteiger partial charge in [-0.1, -0.05) is 0 Å². The maximum absolute atomic E-state index is 12.7. The highest BCUT2D eigenvalue weighted by Gasteiger charge is 2.35. The summed E-state index contributed by atoms with van der Waals surface area (Å²) in [6, 6.07) is 14.3. The van der Waals surface area contributed by atoms with E-state index in [-0.39, 0.29) is 35.6 Å². The van der Waals surface area contributed by atoms with Crippen LogP contribution in [-0.4, -0.2) is 43.9 Å². The standard InChI is InChI=1S/C22H21N5O5S/c1-32-18-7-5-17(6-8-18)27-14-15(13-20(27)28)21(29)25-16-3-9-19(10-4-16)33(30,31)26-22-23-11-2-12-24-22/h2-12,15H,13-14H2,1H3,(H,25,29)(H,23,24,26). The van der Waals surface area contributed by atoms with E-state index in [0.717, 1.165) is 0 Å². The number of ether oxygens (including phenoxy) is 1. The van der Waals surface area contributed by atoms with Crippen molar-refractivity contribution >= 4 is 39.2 Å². The van der Waals surface area contributed by atoms with Crippen LogP contribution >= 0.6 is 0 Å². The van der Waals surface area contributed by atoms with Crippen LogP contribution in [0.1, 0.15) is 6.42 Å². The van der Waals surface area contributed by atoms with Gasteiger partial charge in [0.05, 0.1) is 17.9 Å². The minimum atomic E-state index is -3.87. The summed E-state index contributed by atoms with van der Waals surface area (Å²) in [5, 5.41) is 2.75. The van der Waals surface area contributed by atoms with Crippen LogP contribution in [0, 0.1) is 5.92 Å². The predicted molar refractivity (Wildman–Crippen MR) is 121 cm³/mol. The molecule has 0 saturated carbocycles. The Kier molecular flexibility index (Phi) is 6.22. The van der Waals surface area contributed by atoms with Crippen LogP contribution in [-0.2, 0) is 19.6 Å². The fraction of sp³-hybridized carbons (Fsp3) is 0.182. The van der Waals surface area contributed by atoms with Crippen LogP contribution in [0.5, 0.6) is 5.75 Å². The number of methoxy groups -OCH3 is 1. The number of aromatic nitrogens is 2. The Labute approximate surface area is 190 Å². The SMILES string of the molecule is COc1ccc(N2CC(C(=O)Nc3ccc(S(=O)(=O)Nc4ncccn4)cc3)CC2=O)cc1. The molecule has 1 aromatic heterocycles. The first-order valence-electron chi connectivity index (χ1n) is 10.0. The van der Waals surface area contributed by atoms with Crippen LogP contribution in [0.2, 0.25) is 0 Å². The molecule has 0 bridgehead atoms. The lowest BCUT2D eigenvalue weighted by atomic mass is 10.1. The fourth-order valence-corrected chi connectivity index (χ4v) is 4.35. The summed E-state index contributed by atoms with van der Waals surface area (Å²) in [7, 11) is -2.31. The third-order valence-corrected chi connectivity index (χ3v) is 6.45. The quantitative estimate of drug-likeness (QED) is 0.545. The first-order valence-corrected chi connectivity index (χ1v) is 11.5. The van der Waals surface area contributed by atoms with Crippen LogP contribution < -0.4 is 19.7 Å². The van der Waals surface area contributed by atoms with Crippen LogP contribution in [0.25, 0.3) is 0 Å². The van der Waals surface area contributed by atoms with Crippen molar-refractivity contribution in [3.8, 4) is 5.75 Å². The molecular weight excluding hydrogens is 446 g/mol. The lowest BCUT2D eigenvalue weighted by molar-refractivity contribution is -0.122. The Morgan fingerprint density at radius 2 is 1.73 bits per heavy atom. The van der Waals surface area contributed by atoms with E-state index in [1.807, 2.05) is 0 Å². The fourth-order valence-electron chi connectivity index (χ4n) is 3.39. The van der Waals surface area contributed by atoms with Crippen LogP contribution in [0.15, 0.2) is 71.9 Å². The van der Waals surface area contributed by atoms with Crippen molar-refractivity contribution < 1.29 is 22.7 Å².